The SMILES string of the molecule is CC(C)C(=O)N=Nc1c(O)[nH]c2ccc(Br)cc12. The van der Waals surface area contributed by atoms with Crippen molar-refractivity contribution in [1.82, 2.24) is 4.98 Å². The highest BCUT2D eigenvalue weighted by atomic mass is 79.9. The van der Waals surface area contributed by atoms with Crippen LogP contribution in [-0.4, -0.2) is 16.0 Å². The van der Waals surface area contributed by atoms with E-state index in [0.717, 1.165) is 9.99 Å². The number of hydrogen-bond acceptors (Lipinski definition) is 3. The third kappa shape index (κ3) is 2.43. The van der Waals surface area contributed by atoms with Gasteiger partial charge in [-0.2, -0.15) is 0 Å². The summed E-state index contributed by atoms with van der Waals surface area (Å²) in [4.78, 5) is 14.2. The molecule has 0 atom stereocenters. The molecule has 0 radical (unpaired) electrons. The minimum Gasteiger partial charge on any atom is -0.493 e. The lowest BCUT2D eigenvalue weighted by atomic mass is 10.2. The van der Waals surface area contributed by atoms with Gasteiger partial charge in [0, 0.05) is 15.8 Å². The highest BCUT2D eigenvalue weighted by molar-refractivity contribution is 9.10. The van der Waals surface area contributed by atoms with Gasteiger partial charge >= 0.3 is 0 Å². The number of aromatic amines is 1. The first-order valence-corrected chi connectivity index (χ1v) is 6.24. The summed E-state index contributed by atoms with van der Waals surface area (Å²) >= 11 is 3.34. The third-order valence-electron chi connectivity index (χ3n) is 2.46. The molecule has 1 heterocycles. The van der Waals surface area contributed by atoms with Crippen molar-refractivity contribution in [1.29, 1.82) is 0 Å². The number of rotatable bonds is 2. The molecule has 0 aliphatic carbocycles. The zero-order valence-corrected chi connectivity index (χ0v) is 11.5. The van der Waals surface area contributed by atoms with Crippen LogP contribution in [0.4, 0.5) is 5.69 Å². The Morgan fingerprint density at radius 3 is 2.83 bits per heavy atom. The van der Waals surface area contributed by atoms with Crippen molar-refractivity contribution in [2.45, 2.75) is 13.8 Å². The summed E-state index contributed by atoms with van der Waals surface area (Å²) in [5.74, 6) is -0.630. The van der Waals surface area contributed by atoms with Crippen molar-refractivity contribution >= 4 is 38.4 Å². The van der Waals surface area contributed by atoms with E-state index < -0.39 is 0 Å². The Labute approximate surface area is 112 Å². The predicted octanol–water partition coefficient (Wildman–Crippen LogP) is 3.90. The lowest BCUT2D eigenvalue weighted by Gasteiger charge is -1.95. The molecule has 18 heavy (non-hydrogen) atoms. The van der Waals surface area contributed by atoms with E-state index >= 15 is 0 Å². The molecule has 6 heteroatoms. The molecule has 0 unspecified atom stereocenters. The van der Waals surface area contributed by atoms with Gasteiger partial charge in [0.25, 0.3) is 5.91 Å². The van der Waals surface area contributed by atoms with E-state index in [4.69, 9.17) is 0 Å². The number of halogens is 1. The minimum atomic E-state index is -0.321. The van der Waals surface area contributed by atoms with Crippen molar-refractivity contribution < 1.29 is 9.90 Å². The van der Waals surface area contributed by atoms with Crippen LogP contribution in [0.15, 0.2) is 32.9 Å². The second-order valence-corrected chi connectivity index (χ2v) is 5.12. The van der Waals surface area contributed by atoms with E-state index in [9.17, 15) is 9.90 Å². The van der Waals surface area contributed by atoms with Gasteiger partial charge in [-0.05, 0) is 18.2 Å². The van der Waals surface area contributed by atoms with E-state index in [1.165, 1.54) is 0 Å². The van der Waals surface area contributed by atoms with E-state index in [0.29, 0.717) is 5.39 Å². The molecule has 94 valence electrons. The maximum Gasteiger partial charge on any atom is 0.267 e. The molecule has 0 saturated carbocycles. The molecule has 0 aliphatic rings. The molecule has 0 saturated heterocycles. The van der Waals surface area contributed by atoms with Gasteiger partial charge in [-0.3, -0.25) is 4.79 Å². The van der Waals surface area contributed by atoms with E-state index in [1.54, 1.807) is 19.9 Å². The number of aromatic nitrogens is 1. The molecule has 1 aromatic heterocycles. The smallest absolute Gasteiger partial charge is 0.267 e. The maximum absolute atomic E-state index is 11.4. The first-order valence-electron chi connectivity index (χ1n) is 5.45. The molecule has 5 nitrogen and oxygen atoms in total. The van der Waals surface area contributed by atoms with Crippen LogP contribution in [0.25, 0.3) is 10.9 Å². The largest absolute Gasteiger partial charge is 0.493 e. The molecule has 0 spiro atoms. The fourth-order valence-electron chi connectivity index (χ4n) is 1.45. The van der Waals surface area contributed by atoms with Crippen molar-refractivity contribution in [3.05, 3.63) is 22.7 Å². The fourth-order valence-corrected chi connectivity index (χ4v) is 1.81. The summed E-state index contributed by atoms with van der Waals surface area (Å²) < 4.78 is 0.862. The Hall–Kier alpha value is -1.69. The summed E-state index contributed by atoms with van der Waals surface area (Å²) in [6.07, 6.45) is 0. The van der Waals surface area contributed by atoms with Crippen LogP contribution >= 0.6 is 15.9 Å². The topological polar surface area (TPSA) is 77.8 Å². The maximum atomic E-state index is 11.4. The Kier molecular flexibility index (Phi) is 3.47. The van der Waals surface area contributed by atoms with Crippen molar-refractivity contribution in [2.75, 3.05) is 0 Å². The predicted molar refractivity (Wildman–Crippen MR) is 72.0 cm³/mol. The van der Waals surface area contributed by atoms with Crippen LogP contribution in [0.3, 0.4) is 0 Å². The molecule has 0 bridgehead atoms. The van der Waals surface area contributed by atoms with Crippen LogP contribution in [0, 0.1) is 5.92 Å². The van der Waals surface area contributed by atoms with E-state index in [1.807, 2.05) is 12.1 Å². The molecule has 2 rings (SSSR count). The Morgan fingerprint density at radius 1 is 1.44 bits per heavy atom. The number of benzene rings is 1. The van der Waals surface area contributed by atoms with Gasteiger partial charge in [-0.1, -0.05) is 29.8 Å². The number of fused-ring (bicyclic) bond motifs is 1. The van der Waals surface area contributed by atoms with Gasteiger partial charge in [0.05, 0.1) is 5.52 Å². The van der Waals surface area contributed by atoms with Crippen molar-refractivity contribution in [3.8, 4) is 5.88 Å². The van der Waals surface area contributed by atoms with Crippen LogP contribution in [0.1, 0.15) is 13.8 Å². The number of aromatic hydroxyl groups is 1. The van der Waals surface area contributed by atoms with Gasteiger partial charge in [-0.15, -0.1) is 10.2 Å². The first-order chi connectivity index (χ1) is 8.49. The van der Waals surface area contributed by atoms with Gasteiger partial charge in [0.1, 0.15) is 0 Å². The lowest BCUT2D eigenvalue weighted by Crippen LogP contribution is -2.01. The number of carbonyl (C=O) groups excluding carboxylic acids is 1. The highest BCUT2D eigenvalue weighted by Gasteiger charge is 2.12. The van der Waals surface area contributed by atoms with Crippen LogP contribution < -0.4 is 0 Å². The quantitative estimate of drug-likeness (QED) is 0.825. The van der Waals surface area contributed by atoms with E-state index in [2.05, 4.69) is 31.1 Å². The molecule has 2 aromatic rings. The second-order valence-electron chi connectivity index (χ2n) is 4.21. The minimum absolute atomic E-state index is 0.0941. The van der Waals surface area contributed by atoms with Gasteiger partial charge in [-0.25, -0.2) is 0 Å². The number of hydrogen-bond donors (Lipinski definition) is 2. The standard InChI is InChI=1S/C12H12BrN3O2/c1-6(2)11(17)16-15-10-8-5-7(13)3-4-9(8)14-12(10)18/h3-6,14,18H,1-2H3. The molecule has 2 N–H and O–H groups in total. The third-order valence-corrected chi connectivity index (χ3v) is 2.95. The molecular weight excluding hydrogens is 298 g/mol. The van der Waals surface area contributed by atoms with Crippen molar-refractivity contribution in [2.24, 2.45) is 16.1 Å². The number of amides is 1. The molecule has 0 aliphatic heterocycles. The number of carbonyl (C=O) groups is 1. The summed E-state index contributed by atoms with van der Waals surface area (Å²) in [7, 11) is 0. The van der Waals surface area contributed by atoms with Gasteiger partial charge in [0.15, 0.2) is 5.69 Å². The van der Waals surface area contributed by atoms with Crippen LogP contribution in [0.5, 0.6) is 5.88 Å². The number of H-pyrrole nitrogens is 1. The van der Waals surface area contributed by atoms with Crippen molar-refractivity contribution in [3.63, 3.8) is 0 Å². The summed E-state index contributed by atoms with van der Waals surface area (Å²) in [6.45, 7) is 3.49. The summed E-state index contributed by atoms with van der Waals surface area (Å²) in [5.41, 5.74) is 1.02. The van der Waals surface area contributed by atoms with E-state index in [-0.39, 0.29) is 23.4 Å². The zero-order chi connectivity index (χ0) is 13.3. The molecule has 1 aromatic carbocycles. The second kappa shape index (κ2) is 4.89. The Morgan fingerprint density at radius 2 is 2.17 bits per heavy atom. The fraction of sp³-hybridized carbons (Fsp3) is 0.250. The molecular formula is C12H12BrN3O2. The summed E-state index contributed by atoms with van der Waals surface area (Å²) in [6, 6.07) is 5.46. The van der Waals surface area contributed by atoms with Crippen LogP contribution in [-0.2, 0) is 4.79 Å². The van der Waals surface area contributed by atoms with Gasteiger partial charge < -0.3 is 10.1 Å². The monoisotopic (exact) mass is 309 g/mol. The molecule has 0 fully saturated rings. The number of nitrogens with one attached hydrogen (secondary N) is 1. The number of nitrogens with zero attached hydrogens (tertiary/aromatic N) is 2. The lowest BCUT2D eigenvalue weighted by molar-refractivity contribution is -0.121. The average Bonchev–Trinajstić information content (AvgIpc) is 2.61. The average molecular weight is 310 g/mol. The normalized spacial score (nSPS) is 11.8. The summed E-state index contributed by atoms with van der Waals surface area (Å²) in [5, 5.41) is 17.9. The molecule has 1 amide bonds. The number of azo groups is 1. The Bertz CT molecular complexity index is 632. The Balaban J connectivity index is 2.47. The van der Waals surface area contributed by atoms with Crippen LogP contribution in [0.2, 0.25) is 0 Å². The highest BCUT2D eigenvalue weighted by Crippen LogP contribution is 2.36. The zero-order valence-electron chi connectivity index (χ0n) is 9.94. The first kappa shape index (κ1) is 12.8. The van der Waals surface area contributed by atoms with Gasteiger partial charge in [0.2, 0.25) is 5.88 Å².